The first-order valence-electron chi connectivity index (χ1n) is 18.7. The summed E-state index contributed by atoms with van der Waals surface area (Å²) in [5.41, 5.74) is 11.1. The van der Waals surface area contributed by atoms with Gasteiger partial charge < -0.3 is 79.5 Å². The van der Waals surface area contributed by atoms with E-state index in [9.17, 15) is 53.7 Å². The maximum Gasteiger partial charge on any atom is 0.328 e. The third-order valence-electron chi connectivity index (χ3n) is 8.69. The van der Waals surface area contributed by atoms with E-state index in [4.69, 9.17) is 27.1 Å². The highest BCUT2D eigenvalue weighted by molar-refractivity contribution is 5.97. The first-order chi connectivity index (χ1) is 27.0. The lowest BCUT2D eigenvalue weighted by molar-refractivity contribution is -0.143. The van der Waals surface area contributed by atoms with Crippen molar-refractivity contribution in [3.63, 3.8) is 0 Å². The average Bonchev–Trinajstić information content (AvgIpc) is 3.15. The Morgan fingerprint density at radius 2 is 1.16 bits per heavy atom. The van der Waals surface area contributed by atoms with Crippen molar-refractivity contribution in [2.45, 2.75) is 122 Å². The highest BCUT2D eigenvalue weighted by atomic mass is 16.4. The van der Waals surface area contributed by atoms with Gasteiger partial charge in [-0.05, 0) is 44.9 Å². The monoisotopic (exact) mass is 833 g/mol. The molecule has 0 aromatic heterocycles. The minimum absolute atomic E-state index is 0.0383. The van der Waals surface area contributed by atoms with Crippen LogP contribution in [0.1, 0.15) is 67.2 Å². The summed E-state index contributed by atoms with van der Waals surface area (Å²) in [5, 5.41) is 73.9. The molecule has 18 N–H and O–H groups in total. The number of aliphatic carboxylic acids is 1. The molecule has 0 radical (unpaired) electrons. The minimum atomic E-state index is -1.72. The fourth-order valence-electron chi connectivity index (χ4n) is 5.04. The molecular weight excluding hydrogens is 770 g/mol. The molecule has 24 nitrogen and oxygen atoms in total. The normalized spacial score (nSPS) is 16.3. The molecule has 332 valence electrons. The Hall–Kier alpha value is -5.17. The molecule has 7 amide bonds. The Morgan fingerprint density at radius 3 is 1.64 bits per heavy atom. The first kappa shape index (κ1) is 52.8. The smallest absolute Gasteiger partial charge is 0.328 e. The van der Waals surface area contributed by atoms with Crippen LogP contribution in [0.4, 0.5) is 0 Å². The van der Waals surface area contributed by atoms with Crippen LogP contribution in [0.25, 0.3) is 0 Å². The van der Waals surface area contributed by atoms with Crippen LogP contribution >= 0.6 is 0 Å². The van der Waals surface area contributed by atoms with Crippen molar-refractivity contribution in [1.82, 2.24) is 42.5 Å². The van der Waals surface area contributed by atoms with Crippen molar-refractivity contribution >= 4 is 53.3 Å². The zero-order valence-electron chi connectivity index (χ0n) is 33.7. The Labute approximate surface area is 336 Å². The van der Waals surface area contributed by atoms with Crippen LogP contribution in [0.3, 0.4) is 0 Å². The molecule has 0 saturated carbocycles. The van der Waals surface area contributed by atoms with Gasteiger partial charge >= 0.3 is 5.97 Å². The van der Waals surface area contributed by atoms with Gasteiger partial charge in [0.1, 0.15) is 42.3 Å². The van der Waals surface area contributed by atoms with E-state index >= 15 is 0 Å². The number of carboxylic acid groups (broad SMARTS) is 1. The number of aliphatic hydroxyl groups is 4. The summed E-state index contributed by atoms with van der Waals surface area (Å²) in [6, 6.07) is -10.3. The number of carboxylic acids is 1. The standard InChI is InChI=1S/C34H63N11O13/c1-7-16(4)25(32(56)45-26(18(6)49)31(55)39-12-23(50)40-21(13-46)29(53)43-22(14-47)33(57)58)44-27(51)19(9-8-10-38-34(36)37)41-28(52)20(11-15(2)3)42-30(54)24(35)17(5)48/h15-22,24-26,46-49H,7-14,35H2,1-6H3,(H,39,55)(H,40,50)(H,41,52)(H,42,54)(H,43,53)(H,44,51)(H,45,56)(H,57,58)(H4,36,37,38)/t16-,17+,18-,19+,20-,21-,22-,24-,25-,26-/m0/s1. The summed E-state index contributed by atoms with van der Waals surface area (Å²) in [6.07, 6.45) is -2.18. The molecular formula is C34H63N11O13. The van der Waals surface area contributed by atoms with Crippen LogP contribution in [0.2, 0.25) is 0 Å². The van der Waals surface area contributed by atoms with Crippen LogP contribution in [0.5, 0.6) is 0 Å². The molecule has 0 unspecified atom stereocenters. The van der Waals surface area contributed by atoms with Gasteiger partial charge in [0.05, 0.1) is 32.0 Å². The Morgan fingerprint density at radius 1 is 0.638 bits per heavy atom. The van der Waals surface area contributed by atoms with Gasteiger partial charge in [0.25, 0.3) is 0 Å². The van der Waals surface area contributed by atoms with E-state index < -0.39 is 127 Å². The molecule has 0 spiro atoms. The van der Waals surface area contributed by atoms with E-state index in [1.165, 1.54) is 6.92 Å². The Balaban J connectivity index is 6.09. The van der Waals surface area contributed by atoms with Crippen LogP contribution in [0.15, 0.2) is 0 Å². The van der Waals surface area contributed by atoms with Crippen LogP contribution in [0, 0.1) is 17.2 Å². The summed E-state index contributed by atoms with van der Waals surface area (Å²) in [7, 11) is 0. The second-order valence-electron chi connectivity index (χ2n) is 14.2. The summed E-state index contributed by atoms with van der Waals surface area (Å²) in [6.45, 7) is 6.71. The average molecular weight is 834 g/mol. The molecule has 0 rings (SSSR count). The van der Waals surface area contributed by atoms with Crippen LogP contribution < -0.4 is 54.0 Å². The number of carbonyl (C=O) groups is 8. The number of guanidine groups is 1. The highest BCUT2D eigenvalue weighted by Crippen LogP contribution is 2.12. The van der Waals surface area contributed by atoms with E-state index in [0.29, 0.717) is 6.42 Å². The van der Waals surface area contributed by atoms with Crippen molar-refractivity contribution in [2.75, 3.05) is 26.3 Å². The van der Waals surface area contributed by atoms with Gasteiger partial charge in [-0.15, -0.1) is 0 Å². The van der Waals surface area contributed by atoms with E-state index in [2.05, 4.69) is 37.2 Å². The van der Waals surface area contributed by atoms with Gasteiger partial charge in [-0.2, -0.15) is 0 Å². The van der Waals surface area contributed by atoms with Gasteiger partial charge in [0.2, 0.25) is 41.4 Å². The number of aliphatic hydroxyl groups excluding tert-OH is 4. The second kappa shape index (κ2) is 26.7. The number of carbonyl (C=O) groups excluding carboxylic acids is 7. The fraction of sp³-hybridized carbons (Fsp3) is 0.735. The lowest BCUT2D eigenvalue weighted by atomic mass is 9.96. The van der Waals surface area contributed by atoms with Gasteiger partial charge in [-0.1, -0.05) is 34.1 Å². The zero-order valence-corrected chi connectivity index (χ0v) is 33.7. The third kappa shape index (κ3) is 19.3. The van der Waals surface area contributed by atoms with E-state index in [0.717, 1.165) is 6.92 Å². The van der Waals surface area contributed by atoms with Gasteiger partial charge in [-0.3, -0.25) is 39.0 Å². The van der Waals surface area contributed by atoms with Gasteiger partial charge in [0, 0.05) is 6.54 Å². The molecule has 24 heteroatoms. The van der Waals surface area contributed by atoms with Crippen molar-refractivity contribution < 1.29 is 63.9 Å². The Kier molecular flexibility index (Phi) is 24.3. The van der Waals surface area contributed by atoms with Crippen molar-refractivity contribution in [3.05, 3.63) is 0 Å². The topological polar surface area (TPSA) is 410 Å². The number of nitrogens with two attached hydrogens (primary N) is 2. The molecule has 0 fully saturated rings. The van der Waals surface area contributed by atoms with Crippen molar-refractivity contribution in [2.24, 2.45) is 23.3 Å². The number of hydrogen-bond acceptors (Lipinski definition) is 14. The summed E-state index contributed by atoms with van der Waals surface area (Å²) >= 11 is 0. The predicted octanol–water partition coefficient (Wildman–Crippen LogP) is -6.48. The van der Waals surface area contributed by atoms with Crippen molar-refractivity contribution in [1.29, 1.82) is 5.41 Å². The lowest BCUT2D eigenvalue weighted by Gasteiger charge is -2.30. The highest BCUT2D eigenvalue weighted by Gasteiger charge is 2.35. The van der Waals surface area contributed by atoms with E-state index in [1.54, 1.807) is 27.7 Å². The number of amides is 7. The third-order valence-corrected chi connectivity index (χ3v) is 8.69. The van der Waals surface area contributed by atoms with Crippen LogP contribution in [-0.2, 0) is 38.4 Å². The number of rotatable bonds is 27. The Bertz CT molecular complexity index is 1420. The van der Waals surface area contributed by atoms with Gasteiger partial charge in [-0.25, -0.2) is 4.79 Å². The summed E-state index contributed by atoms with van der Waals surface area (Å²) < 4.78 is 0. The molecule has 0 heterocycles. The summed E-state index contributed by atoms with van der Waals surface area (Å²) in [4.78, 5) is 103. The second-order valence-corrected chi connectivity index (χ2v) is 14.2. The minimum Gasteiger partial charge on any atom is -0.480 e. The molecule has 0 aromatic carbocycles. The number of hydrogen-bond donors (Lipinski definition) is 16. The number of nitrogens with one attached hydrogen (secondary N) is 9. The van der Waals surface area contributed by atoms with E-state index in [1.807, 2.05) is 5.32 Å². The molecule has 0 saturated heterocycles. The quantitative estimate of drug-likeness (QED) is 0.0208. The van der Waals surface area contributed by atoms with Crippen LogP contribution in [-0.4, -0.2) is 160 Å². The van der Waals surface area contributed by atoms with E-state index in [-0.39, 0.29) is 37.7 Å². The first-order valence-corrected chi connectivity index (χ1v) is 18.7. The molecule has 0 aliphatic rings. The predicted molar refractivity (Wildman–Crippen MR) is 206 cm³/mol. The SMILES string of the molecule is CC[C@H](C)[C@H](NC(=O)[C@@H](CCCNC(=N)N)NC(=O)[C@H](CC(C)C)NC(=O)[C@@H](N)[C@@H](C)O)C(=O)N[C@H](C(=O)NCC(=O)N[C@@H](CO)C(=O)N[C@@H](CO)C(=O)O)[C@H](C)O. The van der Waals surface area contributed by atoms with Gasteiger partial charge in [0.15, 0.2) is 5.96 Å². The molecule has 58 heavy (non-hydrogen) atoms. The fourth-order valence-corrected chi connectivity index (χ4v) is 5.04. The maximum atomic E-state index is 13.8. The van der Waals surface area contributed by atoms with Crippen molar-refractivity contribution in [3.8, 4) is 0 Å². The molecule has 10 atom stereocenters. The lowest BCUT2D eigenvalue weighted by Crippen LogP contribution is -2.62. The largest absolute Gasteiger partial charge is 0.480 e. The summed E-state index contributed by atoms with van der Waals surface area (Å²) in [5.74, 6) is -9.21. The molecule has 0 aromatic rings. The molecule has 0 aliphatic carbocycles. The maximum absolute atomic E-state index is 13.8. The molecule has 0 aliphatic heterocycles. The zero-order chi connectivity index (χ0) is 44.9. The molecule has 0 bridgehead atoms.